The average molecular weight is 361 g/mol. The fraction of sp³-hybridized carbons (Fsp3) is 0.533. The molecule has 128 valence electrons. The molecule has 1 aromatic carbocycles. The molecule has 1 N–H and O–H groups in total. The van der Waals surface area contributed by atoms with Crippen LogP contribution >= 0.6 is 11.6 Å². The van der Waals surface area contributed by atoms with Gasteiger partial charge in [-0.3, -0.25) is 9.10 Å². The average Bonchev–Trinajstić information content (AvgIpc) is 2.66. The minimum Gasteiger partial charge on any atom is -0.478 e. The van der Waals surface area contributed by atoms with Gasteiger partial charge in [0.2, 0.25) is 10.0 Å². The van der Waals surface area contributed by atoms with Gasteiger partial charge in [-0.05, 0) is 24.6 Å². The van der Waals surface area contributed by atoms with E-state index in [4.69, 9.17) is 16.3 Å². The van der Waals surface area contributed by atoms with Crippen LogP contribution in [0.3, 0.4) is 0 Å². The van der Waals surface area contributed by atoms with Gasteiger partial charge in [-0.25, -0.2) is 8.42 Å². The molecule has 2 rings (SSSR count). The van der Waals surface area contributed by atoms with Crippen LogP contribution in [0.2, 0.25) is 5.02 Å². The van der Waals surface area contributed by atoms with Crippen molar-refractivity contribution in [2.75, 3.05) is 23.7 Å². The van der Waals surface area contributed by atoms with Crippen molar-refractivity contribution >= 4 is 33.2 Å². The lowest BCUT2D eigenvalue weighted by Crippen LogP contribution is -2.40. The summed E-state index contributed by atoms with van der Waals surface area (Å²) in [7, 11) is -3.49. The van der Waals surface area contributed by atoms with Crippen LogP contribution in [0.25, 0.3) is 0 Å². The lowest BCUT2D eigenvalue weighted by molar-refractivity contribution is -0.128. The highest BCUT2D eigenvalue weighted by molar-refractivity contribution is 7.92. The third-order valence-corrected chi connectivity index (χ3v) is 4.99. The van der Waals surface area contributed by atoms with Gasteiger partial charge in [-0.15, -0.1) is 0 Å². The summed E-state index contributed by atoms with van der Waals surface area (Å²) in [6, 6.07) is 4.74. The van der Waals surface area contributed by atoms with E-state index in [1.54, 1.807) is 12.1 Å². The van der Waals surface area contributed by atoms with Gasteiger partial charge in [0.05, 0.1) is 11.9 Å². The monoisotopic (exact) mass is 360 g/mol. The maximum Gasteiger partial charge on any atom is 0.261 e. The van der Waals surface area contributed by atoms with Crippen LogP contribution in [0.1, 0.15) is 26.2 Å². The zero-order chi connectivity index (χ0) is 17.0. The van der Waals surface area contributed by atoms with Crippen LogP contribution in [0.5, 0.6) is 5.75 Å². The van der Waals surface area contributed by atoms with Crippen LogP contribution in [-0.2, 0) is 14.8 Å². The number of rotatable bonds is 5. The highest BCUT2D eigenvalue weighted by atomic mass is 35.5. The van der Waals surface area contributed by atoms with E-state index >= 15 is 0 Å². The second kappa shape index (κ2) is 7.40. The molecule has 0 bridgehead atoms. The van der Waals surface area contributed by atoms with Gasteiger partial charge in [-0.2, -0.15) is 0 Å². The number of hydrogen-bond acceptors (Lipinski definition) is 4. The summed E-state index contributed by atoms with van der Waals surface area (Å²) in [5.41, 5.74) is 0.365. The Morgan fingerprint density at radius 3 is 2.87 bits per heavy atom. The number of ether oxygens (including phenoxy) is 1. The standard InChI is InChI=1S/C15H21ClN2O4S/c1-3-4-8-17-15(19)14-7-9-18(23(2,20)21)12-10-11(16)5-6-13(12)22-14/h5-6,10,14H,3-4,7-9H2,1-2H3,(H,17,19). The van der Waals surface area contributed by atoms with Crippen LogP contribution in [0.15, 0.2) is 18.2 Å². The van der Waals surface area contributed by atoms with E-state index in [9.17, 15) is 13.2 Å². The molecule has 0 aromatic heterocycles. The molecule has 1 aliphatic rings. The Labute approximate surface area is 141 Å². The molecule has 1 heterocycles. The molecule has 1 aromatic rings. The number of fused-ring (bicyclic) bond motifs is 1. The van der Waals surface area contributed by atoms with Crippen molar-refractivity contribution in [1.29, 1.82) is 0 Å². The van der Waals surface area contributed by atoms with Gasteiger partial charge in [0.1, 0.15) is 5.75 Å². The normalized spacial score (nSPS) is 17.9. The summed E-state index contributed by atoms with van der Waals surface area (Å²) in [6.45, 7) is 2.79. The van der Waals surface area contributed by atoms with E-state index in [-0.39, 0.29) is 18.9 Å². The van der Waals surface area contributed by atoms with Gasteiger partial charge in [0.15, 0.2) is 6.10 Å². The lowest BCUT2D eigenvalue weighted by atomic mass is 10.2. The summed E-state index contributed by atoms with van der Waals surface area (Å²) < 4.78 is 31.0. The first-order chi connectivity index (χ1) is 10.8. The molecule has 0 radical (unpaired) electrons. The largest absolute Gasteiger partial charge is 0.478 e. The first-order valence-corrected chi connectivity index (χ1v) is 9.77. The number of anilines is 1. The van der Waals surface area contributed by atoms with Crippen molar-refractivity contribution in [3.63, 3.8) is 0 Å². The maximum absolute atomic E-state index is 12.2. The quantitative estimate of drug-likeness (QED) is 0.816. The van der Waals surface area contributed by atoms with Crippen LogP contribution in [-0.4, -0.2) is 39.8 Å². The molecule has 0 aliphatic carbocycles. The molecule has 0 spiro atoms. The van der Waals surface area contributed by atoms with Crippen molar-refractivity contribution in [3.8, 4) is 5.75 Å². The first kappa shape index (κ1) is 17.9. The number of unbranched alkanes of at least 4 members (excludes halogenated alkanes) is 1. The van der Waals surface area contributed by atoms with Crippen molar-refractivity contribution in [2.45, 2.75) is 32.3 Å². The molecule has 1 unspecified atom stereocenters. The van der Waals surface area contributed by atoms with Gasteiger partial charge in [-0.1, -0.05) is 24.9 Å². The van der Waals surface area contributed by atoms with Gasteiger partial charge in [0.25, 0.3) is 5.91 Å². The Kier molecular flexibility index (Phi) is 5.75. The summed E-state index contributed by atoms with van der Waals surface area (Å²) >= 11 is 5.97. The third kappa shape index (κ3) is 4.51. The van der Waals surface area contributed by atoms with Crippen molar-refractivity contribution in [1.82, 2.24) is 5.32 Å². The summed E-state index contributed by atoms with van der Waals surface area (Å²) in [6.07, 6.45) is 2.55. The first-order valence-electron chi connectivity index (χ1n) is 7.54. The Morgan fingerprint density at radius 2 is 2.22 bits per heavy atom. The molecule has 0 saturated carbocycles. The van der Waals surface area contributed by atoms with Gasteiger partial charge in [0, 0.05) is 24.5 Å². The van der Waals surface area contributed by atoms with Crippen molar-refractivity contribution < 1.29 is 17.9 Å². The molecular weight excluding hydrogens is 340 g/mol. The number of sulfonamides is 1. The number of nitrogens with zero attached hydrogens (tertiary/aromatic N) is 1. The van der Waals surface area contributed by atoms with Gasteiger partial charge < -0.3 is 10.1 Å². The Morgan fingerprint density at radius 1 is 1.48 bits per heavy atom. The molecule has 6 nitrogen and oxygen atoms in total. The van der Waals surface area contributed by atoms with E-state index in [1.807, 2.05) is 6.92 Å². The Bertz CT molecular complexity index is 678. The number of carbonyl (C=O) groups excluding carboxylic acids is 1. The molecule has 23 heavy (non-hydrogen) atoms. The smallest absolute Gasteiger partial charge is 0.261 e. The van der Waals surface area contributed by atoms with E-state index in [2.05, 4.69) is 5.32 Å². The summed E-state index contributed by atoms with van der Waals surface area (Å²) in [5, 5.41) is 3.23. The summed E-state index contributed by atoms with van der Waals surface area (Å²) in [5.74, 6) is 0.114. The van der Waals surface area contributed by atoms with Crippen molar-refractivity contribution in [3.05, 3.63) is 23.2 Å². The summed E-state index contributed by atoms with van der Waals surface area (Å²) in [4.78, 5) is 12.2. The highest BCUT2D eigenvalue weighted by Gasteiger charge is 2.31. The fourth-order valence-corrected chi connectivity index (χ4v) is 3.49. The van der Waals surface area contributed by atoms with E-state index in [0.717, 1.165) is 19.1 Å². The van der Waals surface area contributed by atoms with E-state index in [0.29, 0.717) is 23.0 Å². The second-order valence-electron chi connectivity index (χ2n) is 5.49. The van der Waals surface area contributed by atoms with Gasteiger partial charge >= 0.3 is 0 Å². The van der Waals surface area contributed by atoms with E-state index in [1.165, 1.54) is 10.4 Å². The maximum atomic E-state index is 12.2. The number of benzene rings is 1. The third-order valence-electron chi connectivity index (χ3n) is 3.58. The minimum atomic E-state index is -3.49. The minimum absolute atomic E-state index is 0.165. The zero-order valence-electron chi connectivity index (χ0n) is 13.2. The zero-order valence-corrected chi connectivity index (χ0v) is 14.8. The Balaban J connectivity index is 2.26. The van der Waals surface area contributed by atoms with Crippen LogP contribution < -0.4 is 14.4 Å². The fourth-order valence-electron chi connectivity index (χ4n) is 2.38. The highest BCUT2D eigenvalue weighted by Crippen LogP contribution is 2.36. The number of halogens is 1. The number of nitrogens with one attached hydrogen (secondary N) is 1. The van der Waals surface area contributed by atoms with E-state index < -0.39 is 16.1 Å². The second-order valence-corrected chi connectivity index (χ2v) is 7.83. The van der Waals surface area contributed by atoms with Crippen molar-refractivity contribution in [2.24, 2.45) is 0 Å². The number of hydrogen-bond donors (Lipinski definition) is 1. The van der Waals surface area contributed by atoms with Crippen LogP contribution in [0.4, 0.5) is 5.69 Å². The predicted molar refractivity (Wildman–Crippen MR) is 90.6 cm³/mol. The molecule has 8 heteroatoms. The SMILES string of the molecule is CCCCNC(=O)C1CCN(S(C)(=O)=O)c2cc(Cl)ccc2O1. The molecule has 0 fully saturated rings. The molecule has 1 atom stereocenters. The number of carbonyl (C=O) groups is 1. The topological polar surface area (TPSA) is 75.7 Å². The van der Waals surface area contributed by atoms with Crippen LogP contribution in [0, 0.1) is 0 Å². The molecular formula is C15H21ClN2O4S. The lowest BCUT2D eigenvalue weighted by Gasteiger charge is -2.21. The predicted octanol–water partition coefficient (Wildman–Crippen LogP) is 2.17. The molecule has 1 aliphatic heterocycles. The number of amides is 1. The molecule has 1 amide bonds. The molecule has 0 saturated heterocycles. The Hall–Kier alpha value is -1.47.